The van der Waals surface area contributed by atoms with Crippen LogP contribution in [0.25, 0.3) is 0 Å². The maximum Gasteiger partial charge on any atom is 0.338 e. The summed E-state index contributed by atoms with van der Waals surface area (Å²) in [4.78, 5) is 23.1. The van der Waals surface area contributed by atoms with Crippen LogP contribution in [0, 0.1) is 0 Å². The first-order valence-corrected chi connectivity index (χ1v) is 6.15. The van der Waals surface area contributed by atoms with Gasteiger partial charge in [0, 0.05) is 16.9 Å². The van der Waals surface area contributed by atoms with E-state index in [1.807, 2.05) is 18.2 Å². The smallest absolute Gasteiger partial charge is 0.338 e. The quantitative estimate of drug-likeness (QED) is 0.823. The van der Waals surface area contributed by atoms with E-state index in [-0.39, 0.29) is 18.6 Å². The van der Waals surface area contributed by atoms with E-state index < -0.39 is 0 Å². The number of hydrogen-bond acceptors (Lipinski definition) is 3. The van der Waals surface area contributed by atoms with Gasteiger partial charge in [0.25, 0.3) is 0 Å². The minimum atomic E-state index is -0.332. The SMILES string of the molecule is O=C(Nc1ccccc1)Nc1ccc2c(c1)COC2=O. The van der Waals surface area contributed by atoms with Gasteiger partial charge < -0.3 is 15.4 Å². The van der Waals surface area contributed by atoms with Gasteiger partial charge in [-0.1, -0.05) is 18.2 Å². The standard InChI is InChI=1S/C15H12N2O3/c18-14-13-7-6-12(8-10(13)9-20-14)17-15(19)16-11-4-2-1-3-5-11/h1-8H,9H2,(H2,16,17,19). The number of hydrogen-bond donors (Lipinski definition) is 2. The van der Waals surface area contributed by atoms with E-state index in [9.17, 15) is 9.59 Å². The van der Waals surface area contributed by atoms with Crippen molar-refractivity contribution < 1.29 is 14.3 Å². The molecule has 1 aliphatic rings. The average molecular weight is 268 g/mol. The van der Waals surface area contributed by atoms with Gasteiger partial charge >= 0.3 is 12.0 Å². The third kappa shape index (κ3) is 2.47. The van der Waals surface area contributed by atoms with Crippen LogP contribution in [-0.4, -0.2) is 12.0 Å². The lowest BCUT2D eigenvalue weighted by Gasteiger charge is -2.08. The van der Waals surface area contributed by atoms with Crippen molar-refractivity contribution in [1.82, 2.24) is 0 Å². The first kappa shape index (κ1) is 12.2. The Bertz CT molecular complexity index is 668. The highest BCUT2D eigenvalue weighted by atomic mass is 16.5. The number of esters is 1. The maximum atomic E-state index is 11.8. The second-order valence-corrected chi connectivity index (χ2v) is 4.39. The summed E-state index contributed by atoms with van der Waals surface area (Å²) < 4.78 is 4.91. The Labute approximate surface area is 115 Å². The van der Waals surface area contributed by atoms with E-state index in [1.165, 1.54) is 0 Å². The molecule has 0 unspecified atom stereocenters. The summed E-state index contributed by atoms with van der Waals surface area (Å²) in [6.07, 6.45) is 0. The van der Waals surface area contributed by atoms with Gasteiger partial charge in [0.2, 0.25) is 0 Å². The fraction of sp³-hybridized carbons (Fsp3) is 0.0667. The summed E-state index contributed by atoms with van der Waals surface area (Å²) >= 11 is 0. The predicted octanol–water partition coefficient (Wildman–Crippen LogP) is 3.00. The maximum absolute atomic E-state index is 11.8. The Balaban J connectivity index is 1.69. The number of benzene rings is 2. The molecule has 2 aromatic carbocycles. The second-order valence-electron chi connectivity index (χ2n) is 4.39. The lowest BCUT2D eigenvalue weighted by Crippen LogP contribution is -2.19. The Morgan fingerprint density at radius 1 is 1.00 bits per heavy atom. The zero-order chi connectivity index (χ0) is 13.9. The Hall–Kier alpha value is -2.82. The Morgan fingerprint density at radius 2 is 1.75 bits per heavy atom. The van der Waals surface area contributed by atoms with Crippen LogP contribution in [0.5, 0.6) is 0 Å². The molecule has 1 aliphatic heterocycles. The van der Waals surface area contributed by atoms with Gasteiger partial charge in [0.05, 0.1) is 5.56 Å². The first-order valence-electron chi connectivity index (χ1n) is 6.15. The zero-order valence-corrected chi connectivity index (χ0v) is 10.6. The fourth-order valence-electron chi connectivity index (χ4n) is 2.03. The van der Waals surface area contributed by atoms with Gasteiger partial charge in [-0.3, -0.25) is 0 Å². The highest BCUT2D eigenvalue weighted by molar-refractivity contribution is 6.00. The van der Waals surface area contributed by atoms with Crippen molar-refractivity contribution in [3.8, 4) is 0 Å². The number of anilines is 2. The summed E-state index contributed by atoms with van der Waals surface area (Å²) in [6.45, 7) is 0.254. The zero-order valence-electron chi connectivity index (χ0n) is 10.6. The second kappa shape index (κ2) is 5.05. The summed E-state index contributed by atoms with van der Waals surface area (Å²) in [6, 6.07) is 13.9. The highest BCUT2D eigenvalue weighted by Crippen LogP contribution is 2.23. The molecule has 0 saturated heterocycles. The molecular weight excluding hydrogens is 256 g/mol. The van der Waals surface area contributed by atoms with Crippen LogP contribution < -0.4 is 10.6 Å². The molecule has 5 nitrogen and oxygen atoms in total. The molecule has 2 amide bonds. The van der Waals surface area contributed by atoms with Gasteiger partial charge in [-0.25, -0.2) is 9.59 Å². The summed E-state index contributed by atoms with van der Waals surface area (Å²) in [5.41, 5.74) is 2.67. The molecular formula is C15H12N2O3. The van der Waals surface area contributed by atoms with Gasteiger partial charge in [0.15, 0.2) is 0 Å². The first-order chi connectivity index (χ1) is 9.72. The van der Waals surface area contributed by atoms with E-state index in [0.29, 0.717) is 16.9 Å². The molecule has 2 aromatic rings. The van der Waals surface area contributed by atoms with Gasteiger partial charge in [-0.2, -0.15) is 0 Å². The number of fused-ring (bicyclic) bond motifs is 1. The third-order valence-electron chi connectivity index (χ3n) is 2.97. The average Bonchev–Trinajstić information content (AvgIpc) is 2.81. The number of urea groups is 1. The molecule has 0 bridgehead atoms. The number of carbonyl (C=O) groups excluding carboxylic acids is 2. The number of cyclic esters (lactones) is 1. The Morgan fingerprint density at radius 3 is 2.55 bits per heavy atom. The monoisotopic (exact) mass is 268 g/mol. The van der Waals surface area contributed by atoms with Gasteiger partial charge in [0.1, 0.15) is 6.61 Å². The minimum Gasteiger partial charge on any atom is -0.457 e. The van der Waals surface area contributed by atoms with Crippen LogP contribution >= 0.6 is 0 Å². The van der Waals surface area contributed by atoms with Crippen LogP contribution in [0.2, 0.25) is 0 Å². The summed E-state index contributed by atoms with van der Waals surface area (Å²) in [5, 5.41) is 5.44. The molecule has 100 valence electrons. The lowest BCUT2D eigenvalue weighted by atomic mass is 10.1. The molecule has 0 fully saturated rings. The summed E-state index contributed by atoms with van der Waals surface area (Å²) in [7, 11) is 0. The van der Waals surface area contributed by atoms with Gasteiger partial charge in [-0.05, 0) is 30.3 Å². The summed E-state index contributed by atoms with van der Waals surface area (Å²) in [5.74, 6) is -0.319. The van der Waals surface area contributed by atoms with E-state index in [1.54, 1.807) is 30.3 Å². The minimum absolute atomic E-state index is 0.254. The largest absolute Gasteiger partial charge is 0.457 e. The molecule has 20 heavy (non-hydrogen) atoms. The van der Waals surface area contributed by atoms with Gasteiger partial charge in [-0.15, -0.1) is 0 Å². The molecule has 2 N–H and O–H groups in total. The Kier molecular flexibility index (Phi) is 3.09. The number of nitrogens with one attached hydrogen (secondary N) is 2. The molecule has 0 saturated carbocycles. The number of rotatable bonds is 2. The van der Waals surface area contributed by atoms with Crippen molar-refractivity contribution in [3.05, 3.63) is 59.7 Å². The molecule has 0 aromatic heterocycles. The normalized spacial score (nSPS) is 12.5. The van der Waals surface area contributed by atoms with Crippen molar-refractivity contribution >= 4 is 23.4 Å². The fourth-order valence-corrected chi connectivity index (χ4v) is 2.03. The van der Waals surface area contributed by atoms with E-state index in [2.05, 4.69) is 10.6 Å². The van der Waals surface area contributed by atoms with Crippen LogP contribution in [0.4, 0.5) is 16.2 Å². The van der Waals surface area contributed by atoms with Crippen molar-refractivity contribution in [3.63, 3.8) is 0 Å². The van der Waals surface area contributed by atoms with Crippen molar-refractivity contribution in [1.29, 1.82) is 0 Å². The van der Waals surface area contributed by atoms with E-state index in [4.69, 9.17) is 4.74 Å². The number of amides is 2. The molecule has 0 radical (unpaired) electrons. The van der Waals surface area contributed by atoms with E-state index >= 15 is 0 Å². The van der Waals surface area contributed by atoms with Crippen LogP contribution in [-0.2, 0) is 11.3 Å². The molecule has 0 aliphatic carbocycles. The molecule has 5 heteroatoms. The van der Waals surface area contributed by atoms with Crippen LogP contribution in [0.15, 0.2) is 48.5 Å². The van der Waals surface area contributed by atoms with Crippen molar-refractivity contribution in [2.45, 2.75) is 6.61 Å². The molecule has 3 rings (SSSR count). The third-order valence-corrected chi connectivity index (χ3v) is 2.97. The lowest BCUT2D eigenvalue weighted by molar-refractivity contribution is 0.0535. The number of para-hydroxylation sites is 1. The van der Waals surface area contributed by atoms with Crippen LogP contribution in [0.1, 0.15) is 15.9 Å². The number of ether oxygens (including phenoxy) is 1. The molecule has 0 spiro atoms. The number of carbonyl (C=O) groups is 2. The highest BCUT2D eigenvalue weighted by Gasteiger charge is 2.21. The predicted molar refractivity (Wildman–Crippen MR) is 74.6 cm³/mol. The topological polar surface area (TPSA) is 67.4 Å². The van der Waals surface area contributed by atoms with Crippen molar-refractivity contribution in [2.75, 3.05) is 10.6 Å². The van der Waals surface area contributed by atoms with Crippen LogP contribution in [0.3, 0.4) is 0 Å². The van der Waals surface area contributed by atoms with Crippen molar-refractivity contribution in [2.24, 2.45) is 0 Å². The molecule has 1 heterocycles. The molecule has 0 atom stereocenters. The van der Waals surface area contributed by atoms with E-state index in [0.717, 1.165) is 5.56 Å².